The lowest BCUT2D eigenvalue weighted by atomic mass is 9.97. The van der Waals surface area contributed by atoms with Crippen LogP contribution in [0.1, 0.15) is 21.5 Å². The lowest BCUT2D eigenvalue weighted by Crippen LogP contribution is -2.07. The van der Waals surface area contributed by atoms with Gasteiger partial charge in [-0.2, -0.15) is 0 Å². The largest absolute Gasteiger partial charge is 0.465 e. The van der Waals surface area contributed by atoms with Crippen LogP contribution in [0.5, 0.6) is 0 Å². The van der Waals surface area contributed by atoms with Gasteiger partial charge in [-0.05, 0) is 31.5 Å². The SMILES string of the molecule is COC(=O)c1c(C)c(-c2ccccc2)nc2ccc(C)cc12. The summed E-state index contributed by atoms with van der Waals surface area (Å²) in [7, 11) is 1.41. The summed E-state index contributed by atoms with van der Waals surface area (Å²) >= 11 is 0. The van der Waals surface area contributed by atoms with Crippen molar-refractivity contribution in [3.63, 3.8) is 0 Å². The summed E-state index contributed by atoms with van der Waals surface area (Å²) in [5.41, 5.74) is 5.14. The summed E-state index contributed by atoms with van der Waals surface area (Å²) in [5, 5.41) is 0.837. The van der Waals surface area contributed by atoms with Gasteiger partial charge in [0.1, 0.15) is 0 Å². The van der Waals surface area contributed by atoms with E-state index >= 15 is 0 Å². The lowest BCUT2D eigenvalue weighted by molar-refractivity contribution is 0.0602. The fourth-order valence-corrected chi connectivity index (χ4v) is 2.71. The third-order valence-corrected chi connectivity index (χ3v) is 3.82. The molecule has 0 saturated heterocycles. The van der Waals surface area contributed by atoms with Gasteiger partial charge in [-0.1, -0.05) is 42.0 Å². The Morgan fingerprint density at radius 3 is 2.45 bits per heavy atom. The Labute approximate surface area is 129 Å². The zero-order valence-corrected chi connectivity index (χ0v) is 12.9. The molecule has 3 heteroatoms. The van der Waals surface area contributed by atoms with Crippen LogP contribution in [0.4, 0.5) is 0 Å². The molecule has 0 unspecified atom stereocenters. The molecule has 0 N–H and O–H groups in total. The van der Waals surface area contributed by atoms with Crippen LogP contribution < -0.4 is 0 Å². The number of aryl methyl sites for hydroxylation is 1. The Morgan fingerprint density at radius 1 is 1.05 bits per heavy atom. The highest BCUT2D eigenvalue weighted by atomic mass is 16.5. The van der Waals surface area contributed by atoms with E-state index in [1.807, 2.05) is 62.4 Å². The summed E-state index contributed by atoms with van der Waals surface area (Å²) in [6, 6.07) is 15.8. The molecule has 0 fully saturated rings. The second-order valence-corrected chi connectivity index (χ2v) is 5.34. The van der Waals surface area contributed by atoms with E-state index in [1.165, 1.54) is 7.11 Å². The molecule has 0 radical (unpaired) electrons. The number of carbonyl (C=O) groups excluding carboxylic acids is 1. The Morgan fingerprint density at radius 2 is 1.77 bits per heavy atom. The van der Waals surface area contributed by atoms with Crippen LogP contribution in [0, 0.1) is 13.8 Å². The minimum absolute atomic E-state index is 0.326. The van der Waals surface area contributed by atoms with Crippen LogP contribution in [0.25, 0.3) is 22.2 Å². The second-order valence-electron chi connectivity index (χ2n) is 5.34. The number of methoxy groups -OCH3 is 1. The monoisotopic (exact) mass is 291 g/mol. The molecule has 0 spiro atoms. The predicted molar refractivity (Wildman–Crippen MR) is 88.0 cm³/mol. The molecule has 110 valence electrons. The molecule has 22 heavy (non-hydrogen) atoms. The number of ether oxygens (including phenoxy) is 1. The standard InChI is InChI=1S/C19H17NO2/c1-12-9-10-16-15(11-12)17(19(21)22-3)13(2)18(20-16)14-7-5-4-6-8-14/h4-11H,1-3H3. The predicted octanol–water partition coefficient (Wildman–Crippen LogP) is 4.31. The smallest absolute Gasteiger partial charge is 0.338 e. The van der Waals surface area contributed by atoms with E-state index in [0.29, 0.717) is 5.56 Å². The van der Waals surface area contributed by atoms with Crippen molar-refractivity contribution in [2.75, 3.05) is 7.11 Å². The number of hydrogen-bond acceptors (Lipinski definition) is 3. The van der Waals surface area contributed by atoms with Crippen LogP contribution in [0.15, 0.2) is 48.5 Å². The summed E-state index contributed by atoms with van der Waals surface area (Å²) in [6.45, 7) is 3.92. The summed E-state index contributed by atoms with van der Waals surface area (Å²) in [5.74, 6) is -0.326. The number of hydrogen-bond donors (Lipinski definition) is 0. The minimum Gasteiger partial charge on any atom is -0.465 e. The molecule has 0 atom stereocenters. The van der Waals surface area contributed by atoms with Crippen molar-refractivity contribution in [3.05, 3.63) is 65.2 Å². The molecule has 1 heterocycles. The molecule has 2 aromatic carbocycles. The van der Waals surface area contributed by atoms with Crippen molar-refractivity contribution in [3.8, 4) is 11.3 Å². The maximum Gasteiger partial charge on any atom is 0.338 e. The Kier molecular flexibility index (Phi) is 3.63. The molecule has 3 nitrogen and oxygen atoms in total. The van der Waals surface area contributed by atoms with Crippen molar-refractivity contribution in [1.82, 2.24) is 4.98 Å². The van der Waals surface area contributed by atoms with E-state index in [-0.39, 0.29) is 5.97 Å². The zero-order valence-electron chi connectivity index (χ0n) is 12.9. The van der Waals surface area contributed by atoms with Crippen LogP contribution in [0.3, 0.4) is 0 Å². The first-order chi connectivity index (χ1) is 10.6. The minimum atomic E-state index is -0.326. The van der Waals surface area contributed by atoms with Crippen molar-refractivity contribution in [2.45, 2.75) is 13.8 Å². The van der Waals surface area contributed by atoms with Crippen molar-refractivity contribution in [2.24, 2.45) is 0 Å². The van der Waals surface area contributed by atoms with E-state index in [2.05, 4.69) is 0 Å². The first-order valence-corrected chi connectivity index (χ1v) is 7.16. The van der Waals surface area contributed by atoms with Gasteiger partial charge in [-0.3, -0.25) is 0 Å². The van der Waals surface area contributed by atoms with Gasteiger partial charge in [0.25, 0.3) is 0 Å². The molecule has 3 aromatic rings. The molecule has 3 rings (SSSR count). The first-order valence-electron chi connectivity index (χ1n) is 7.16. The number of carbonyl (C=O) groups is 1. The van der Waals surface area contributed by atoms with E-state index in [4.69, 9.17) is 9.72 Å². The Balaban J connectivity index is 2.39. The van der Waals surface area contributed by atoms with Gasteiger partial charge in [-0.15, -0.1) is 0 Å². The summed E-state index contributed by atoms with van der Waals surface area (Å²) in [6.07, 6.45) is 0. The fourth-order valence-electron chi connectivity index (χ4n) is 2.71. The third kappa shape index (κ3) is 2.35. The molecule has 0 saturated carbocycles. The number of benzene rings is 2. The maximum atomic E-state index is 12.3. The van der Waals surface area contributed by atoms with Crippen molar-refractivity contribution >= 4 is 16.9 Å². The third-order valence-electron chi connectivity index (χ3n) is 3.82. The van der Waals surface area contributed by atoms with Crippen LogP contribution >= 0.6 is 0 Å². The molecule has 0 aliphatic heterocycles. The molecule has 0 bridgehead atoms. The molecule has 0 amide bonds. The number of rotatable bonds is 2. The lowest BCUT2D eigenvalue weighted by Gasteiger charge is -2.13. The van der Waals surface area contributed by atoms with E-state index in [9.17, 15) is 4.79 Å². The molecule has 0 aliphatic rings. The fraction of sp³-hybridized carbons (Fsp3) is 0.158. The van der Waals surface area contributed by atoms with Gasteiger partial charge in [0.05, 0.1) is 23.9 Å². The highest BCUT2D eigenvalue weighted by Gasteiger charge is 2.19. The topological polar surface area (TPSA) is 39.2 Å². The van der Waals surface area contributed by atoms with Gasteiger partial charge < -0.3 is 4.74 Å². The number of esters is 1. The molecule has 1 aromatic heterocycles. The first kappa shape index (κ1) is 14.3. The van der Waals surface area contributed by atoms with E-state index in [1.54, 1.807) is 0 Å². The number of fused-ring (bicyclic) bond motifs is 1. The number of pyridine rings is 1. The zero-order chi connectivity index (χ0) is 15.7. The van der Waals surface area contributed by atoms with Crippen LogP contribution in [-0.4, -0.2) is 18.1 Å². The molecular weight excluding hydrogens is 274 g/mol. The average molecular weight is 291 g/mol. The second kappa shape index (κ2) is 5.60. The molecule has 0 aliphatic carbocycles. The van der Waals surface area contributed by atoms with Crippen molar-refractivity contribution in [1.29, 1.82) is 0 Å². The molecular formula is C19H17NO2. The number of nitrogens with zero attached hydrogens (tertiary/aromatic N) is 1. The van der Waals surface area contributed by atoms with E-state index in [0.717, 1.165) is 33.3 Å². The Hall–Kier alpha value is -2.68. The highest BCUT2D eigenvalue weighted by Crippen LogP contribution is 2.30. The normalized spacial score (nSPS) is 10.7. The quantitative estimate of drug-likeness (QED) is 0.661. The van der Waals surface area contributed by atoms with Gasteiger partial charge in [0, 0.05) is 10.9 Å². The summed E-state index contributed by atoms with van der Waals surface area (Å²) < 4.78 is 4.99. The van der Waals surface area contributed by atoms with E-state index < -0.39 is 0 Å². The van der Waals surface area contributed by atoms with Gasteiger partial charge in [0.15, 0.2) is 0 Å². The highest BCUT2D eigenvalue weighted by molar-refractivity contribution is 6.06. The Bertz CT molecular complexity index is 854. The van der Waals surface area contributed by atoms with Gasteiger partial charge in [0.2, 0.25) is 0 Å². The van der Waals surface area contributed by atoms with Crippen molar-refractivity contribution < 1.29 is 9.53 Å². The van der Waals surface area contributed by atoms with Gasteiger partial charge >= 0.3 is 5.97 Å². The number of aromatic nitrogens is 1. The maximum absolute atomic E-state index is 12.3. The van der Waals surface area contributed by atoms with Crippen LogP contribution in [-0.2, 0) is 4.74 Å². The van der Waals surface area contributed by atoms with Gasteiger partial charge in [-0.25, -0.2) is 9.78 Å². The van der Waals surface area contributed by atoms with Crippen LogP contribution in [0.2, 0.25) is 0 Å². The average Bonchev–Trinajstić information content (AvgIpc) is 2.54. The summed E-state index contributed by atoms with van der Waals surface area (Å²) in [4.78, 5) is 17.0.